The smallest absolute Gasteiger partial charge is 0.313 e. The molecule has 2 amide bonds. The van der Waals surface area contributed by atoms with Gasteiger partial charge >= 0.3 is 11.8 Å². The van der Waals surface area contributed by atoms with Crippen molar-refractivity contribution in [3.8, 4) is 0 Å². The van der Waals surface area contributed by atoms with Gasteiger partial charge in [0.1, 0.15) is 11.3 Å². The number of nitrogens with zero attached hydrogens (tertiary/aromatic N) is 4. The summed E-state index contributed by atoms with van der Waals surface area (Å²) in [6.07, 6.45) is 4.80. The molecule has 1 saturated heterocycles. The molecular formula is C20H23N7O2. The molecule has 0 radical (unpaired) electrons. The monoisotopic (exact) mass is 393 g/mol. The predicted octanol–water partition coefficient (Wildman–Crippen LogP) is 2.18. The molecule has 3 aromatic heterocycles. The number of amides is 2. The summed E-state index contributed by atoms with van der Waals surface area (Å²) in [6.45, 7) is 4.37. The zero-order valence-corrected chi connectivity index (χ0v) is 16.3. The first-order valence-electron chi connectivity index (χ1n) is 9.56. The van der Waals surface area contributed by atoms with E-state index in [2.05, 4.69) is 32.4 Å². The van der Waals surface area contributed by atoms with Crippen LogP contribution < -0.4 is 11.1 Å². The number of aryl methyl sites for hydroxylation is 1. The number of H-pyrrole nitrogens is 1. The number of likely N-dealkylation sites (tertiary alicyclic amines) is 1. The Bertz CT molecular complexity index is 1080. The number of aromatic nitrogens is 4. The lowest BCUT2D eigenvalue weighted by Crippen LogP contribution is -2.46. The van der Waals surface area contributed by atoms with E-state index in [1.165, 1.54) is 6.20 Å². The Hall–Kier alpha value is -3.49. The van der Waals surface area contributed by atoms with E-state index in [1.807, 2.05) is 12.1 Å². The standard InChI is InChI=1S/C20H23N7O2/c1-11-3-6-17(15-5-4-14-16(25-15)9-23-26-14)27(10-11)20(29)19(28)24-13-7-12(2)18(21)22-8-13/h4-5,7-9,11,17H,3,6,10H2,1-2H3,(H2,21,22)(H,23,26)(H,24,28)/t11-,17+/m0/s1. The van der Waals surface area contributed by atoms with Gasteiger partial charge in [0.15, 0.2) is 0 Å². The molecule has 2 atom stereocenters. The Morgan fingerprint density at radius 3 is 2.90 bits per heavy atom. The van der Waals surface area contributed by atoms with E-state index in [-0.39, 0.29) is 6.04 Å². The Balaban J connectivity index is 1.57. The summed E-state index contributed by atoms with van der Waals surface area (Å²) < 4.78 is 0. The van der Waals surface area contributed by atoms with Crippen LogP contribution in [0.15, 0.2) is 30.6 Å². The number of nitrogens with one attached hydrogen (secondary N) is 2. The lowest BCUT2D eigenvalue weighted by atomic mass is 9.92. The molecule has 150 valence electrons. The van der Waals surface area contributed by atoms with Crippen LogP contribution >= 0.6 is 0 Å². The number of carbonyl (C=O) groups is 2. The van der Waals surface area contributed by atoms with Crippen molar-refractivity contribution in [1.82, 2.24) is 25.1 Å². The Morgan fingerprint density at radius 2 is 2.10 bits per heavy atom. The number of piperidine rings is 1. The van der Waals surface area contributed by atoms with Crippen LogP contribution in [0.2, 0.25) is 0 Å². The number of nitrogen functional groups attached to an aromatic ring is 1. The zero-order chi connectivity index (χ0) is 20.5. The van der Waals surface area contributed by atoms with Crippen LogP contribution in [0.5, 0.6) is 0 Å². The van der Waals surface area contributed by atoms with E-state index in [9.17, 15) is 9.59 Å². The summed E-state index contributed by atoms with van der Waals surface area (Å²) in [7, 11) is 0. The van der Waals surface area contributed by atoms with E-state index in [1.54, 1.807) is 24.1 Å². The van der Waals surface area contributed by atoms with Crippen molar-refractivity contribution in [1.29, 1.82) is 0 Å². The van der Waals surface area contributed by atoms with Gasteiger partial charge in [-0.1, -0.05) is 6.92 Å². The quantitative estimate of drug-likeness (QED) is 0.572. The minimum Gasteiger partial charge on any atom is -0.383 e. The molecule has 0 saturated carbocycles. The number of pyridine rings is 2. The molecule has 0 bridgehead atoms. The molecule has 1 aliphatic rings. The highest BCUT2D eigenvalue weighted by Gasteiger charge is 2.35. The molecule has 0 aliphatic carbocycles. The number of fused-ring (bicyclic) bond motifs is 1. The number of hydrogen-bond acceptors (Lipinski definition) is 6. The first-order valence-corrected chi connectivity index (χ1v) is 9.56. The van der Waals surface area contributed by atoms with E-state index in [4.69, 9.17) is 5.73 Å². The second-order valence-electron chi connectivity index (χ2n) is 7.58. The Kier molecular flexibility index (Phi) is 4.87. The zero-order valence-electron chi connectivity index (χ0n) is 16.3. The van der Waals surface area contributed by atoms with Gasteiger partial charge in [-0.3, -0.25) is 14.7 Å². The molecule has 3 aromatic rings. The fraction of sp³-hybridized carbons (Fsp3) is 0.350. The normalized spacial score (nSPS) is 19.3. The first kappa shape index (κ1) is 18.9. The molecule has 1 aliphatic heterocycles. The topological polar surface area (TPSA) is 130 Å². The van der Waals surface area contributed by atoms with Crippen molar-refractivity contribution < 1.29 is 9.59 Å². The predicted molar refractivity (Wildman–Crippen MR) is 109 cm³/mol. The van der Waals surface area contributed by atoms with Crippen molar-refractivity contribution in [2.45, 2.75) is 32.7 Å². The summed E-state index contributed by atoms with van der Waals surface area (Å²) in [4.78, 5) is 36.0. The highest BCUT2D eigenvalue weighted by atomic mass is 16.2. The third kappa shape index (κ3) is 3.75. The third-order valence-corrected chi connectivity index (χ3v) is 5.31. The maximum absolute atomic E-state index is 13.0. The second-order valence-corrected chi connectivity index (χ2v) is 7.58. The number of anilines is 2. The molecule has 4 heterocycles. The van der Waals surface area contributed by atoms with Crippen molar-refractivity contribution in [2.24, 2.45) is 5.92 Å². The molecule has 9 heteroatoms. The lowest BCUT2D eigenvalue weighted by molar-refractivity contribution is -0.146. The molecule has 0 spiro atoms. The SMILES string of the molecule is Cc1cc(NC(=O)C(=O)N2C[C@@H](C)CC[C@@H]2c2ccc3[nH]ncc3n2)cnc1N. The largest absolute Gasteiger partial charge is 0.383 e. The van der Waals surface area contributed by atoms with Gasteiger partial charge in [-0.05, 0) is 49.4 Å². The molecule has 29 heavy (non-hydrogen) atoms. The summed E-state index contributed by atoms with van der Waals surface area (Å²) in [5, 5.41) is 9.50. The van der Waals surface area contributed by atoms with Crippen LogP contribution in [-0.4, -0.2) is 43.4 Å². The van der Waals surface area contributed by atoms with E-state index in [0.29, 0.717) is 24.0 Å². The van der Waals surface area contributed by atoms with Gasteiger partial charge < -0.3 is 16.0 Å². The Labute approximate surface area is 167 Å². The minimum absolute atomic E-state index is 0.255. The van der Waals surface area contributed by atoms with Gasteiger partial charge in [0.05, 0.1) is 35.3 Å². The van der Waals surface area contributed by atoms with Crippen LogP contribution in [0.3, 0.4) is 0 Å². The fourth-order valence-electron chi connectivity index (χ4n) is 3.69. The van der Waals surface area contributed by atoms with Crippen molar-refractivity contribution in [3.63, 3.8) is 0 Å². The van der Waals surface area contributed by atoms with Gasteiger partial charge in [0, 0.05) is 6.54 Å². The number of aromatic amines is 1. The van der Waals surface area contributed by atoms with Gasteiger partial charge in [0.2, 0.25) is 0 Å². The molecule has 0 unspecified atom stereocenters. The number of carbonyl (C=O) groups excluding carboxylic acids is 2. The van der Waals surface area contributed by atoms with Crippen molar-refractivity contribution in [2.75, 3.05) is 17.6 Å². The number of hydrogen-bond donors (Lipinski definition) is 3. The summed E-state index contributed by atoms with van der Waals surface area (Å²) in [5.74, 6) is -0.578. The molecule has 4 N–H and O–H groups in total. The minimum atomic E-state index is -0.695. The third-order valence-electron chi connectivity index (χ3n) is 5.31. The maximum atomic E-state index is 13.0. The van der Waals surface area contributed by atoms with Gasteiger partial charge in [-0.25, -0.2) is 9.97 Å². The summed E-state index contributed by atoms with van der Waals surface area (Å²) in [6, 6.07) is 5.22. The van der Waals surface area contributed by atoms with Crippen molar-refractivity contribution >= 4 is 34.4 Å². The first-order chi connectivity index (χ1) is 13.9. The van der Waals surface area contributed by atoms with Gasteiger partial charge in [-0.2, -0.15) is 5.10 Å². The molecule has 0 aromatic carbocycles. The summed E-state index contributed by atoms with van der Waals surface area (Å²) in [5.41, 5.74) is 9.22. The van der Waals surface area contributed by atoms with Gasteiger partial charge in [-0.15, -0.1) is 0 Å². The average Bonchev–Trinajstić information content (AvgIpc) is 3.18. The van der Waals surface area contributed by atoms with Crippen LogP contribution in [0.1, 0.15) is 37.1 Å². The van der Waals surface area contributed by atoms with Crippen LogP contribution in [-0.2, 0) is 9.59 Å². The highest BCUT2D eigenvalue weighted by Crippen LogP contribution is 2.33. The highest BCUT2D eigenvalue weighted by molar-refractivity contribution is 6.39. The number of rotatable bonds is 2. The molecule has 4 rings (SSSR count). The maximum Gasteiger partial charge on any atom is 0.313 e. The molecule has 1 fully saturated rings. The van der Waals surface area contributed by atoms with Crippen LogP contribution in [0.25, 0.3) is 11.0 Å². The van der Waals surface area contributed by atoms with Gasteiger partial charge in [0.25, 0.3) is 0 Å². The summed E-state index contributed by atoms with van der Waals surface area (Å²) >= 11 is 0. The van der Waals surface area contributed by atoms with Crippen molar-refractivity contribution in [3.05, 3.63) is 41.9 Å². The Morgan fingerprint density at radius 1 is 1.28 bits per heavy atom. The molecular weight excluding hydrogens is 370 g/mol. The molecule has 9 nitrogen and oxygen atoms in total. The average molecular weight is 393 g/mol. The lowest BCUT2D eigenvalue weighted by Gasteiger charge is -2.37. The van der Waals surface area contributed by atoms with E-state index < -0.39 is 11.8 Å². The number of nitrogens with two attached hydrogens (primary N) is 1. The van der Waals surface area contributed by atoms with Crippen LogP contribution in [0, 0.1) is 12.8 Å². The second kappa shape index (κ2) is 7.50. The van der Waals surface area contributed by atoms with E-state index >= 15 is 0 Å². The van der Waals surface area contributed by atoms with Crippen LogP contribution in [0.4, 0.5) is 11.5 Å². The van der Waals surface area contributed by atoms with E-state index in [0.717, 1.165) is 35.1 Å². The fourth-order valence-corrected chi connectivity index (χ4v) is 3.69.